The summed E-state index contributed by atoms with van der Waals surface area (Å²) in [5, 5.41) is 0. The van der Waals surface area contributed by atoms with E-state index in [2.05, 4.69) is 26.2 Å². The molecule has 0 radical (unpaired) electrons. The molecule has 1 aliphatic carbocycles. The van der Waals surface area contributed by atoms with Crippen LogP contribution in [0.3, 0.4) is 0 Å². The molecule has 0 aliphatic heterocycles. The van der Waals surface area contributed by atoms with Crippen LogP contribution in [0.2, 0.25) is 19.6 Å². The number of hydrogen-bond donors (Lipinski definition) is 0. The monoisotopic (exact) mass is 198 g/mol. The molecule has 13 heavy (non-hydrogen) atoms. The van der Waals surface area contributed by atoms with Crippen molar-refractivity contribution in [2.75, 3.05) is 0 Å². The summed E-state index contributed by atoms with van der Waals surface area (Å²) in [6.45, 7) is 10.5. The first kappa shape index (κ1) is 11.0. The first-order valence-electron chi connectivity index (χ1n) is 5.31. The summed E-state index contributed by atoms with van der Waals surface area (Å²) >= 11 is 0. The minimum Gasteiger partial charge on any atom is -0.414 e. The van der Waals surface area contributed by atoms with Crippen LogP contribution < -0.4 is 0 Å². The van der Waals surface area contributed by atoms with Crippen molar-refractivity contribution in [1.82, 2.24) is 0 Å². The van der Waals surface area contributed by atoms with E-state index in [0.29, 0.717) is 6.10 Å². The van der Waals surface area contributed by atoms with E-state index in [-0.39, 0.29) is 0 Å². The molecule has 0 spiro atoms. The Bertz CT molecular complexity index is 171. The SMILES string of the molecule is C=CCCCC1C[C@@H]1O[Si](C)(C)C. The lowest BCUT2D eigenvalue weighted by molar-refractivity contribution is 0.274. The van der Waals surface area contributed by atoms with Gasteiger partial charge in [0.05, 0.1) is 0 Å². The maximum atomic E-state index is 6.00. The summed E-state index contributed by atoms with van der Waals surface area (Å²) < 4.78 is 6.00. The highest BCUT2D eigenvalue weighted by Gasteiger charge is 2.39. The van der Waals surface area contributed by atoms with Gasteiger partial charge in [-0.3, -0.25) is 0 Å². The summed E-state index contributed by atoms with van der Waals surface area (Å²) in [7, 11) is -1.27. The van der Waals surface area contributed by atoms with E-state index in [1.54, 1.807) is 0 Å². The molecular formula is C11H22OSi. The molecular weight excluding hydrogens is 176 g/mol. The Hall–Kier alpha value is -0.0831. The van der Waals surface area contributed by atoms with Crippen LogP contribution in [0, 0.1) is 5.92 Å². The van der Waals surface area contributed by atoms with Crippen LogP contribution in [0.1, 0.15) is 25.7 Å². The molecule has 0 heterocycles. The number of allylic oxidation sites excluding steroid dienone is 1. The molecule has 1 nitrogen and oxygen atoms in total. The van der Waals surface area contributed by atoms with Crippen LogP contribution in [-0.4, -0.2) is 14.4 Å². The quantitative estimate of drug-likeness (QED) is 0.360. The van der Waals surface area contributed by atoms with Gasteiger partial charge >= 0.3 is 0 Å². The minimum atomic E-state index is -1.27. The Morgan fingerprint density at radius 2 is 2.15 bits per heavy atom. The predicted octanol–water partition coefficient (Wildman–Crippen LogP) is 3.58. The second-order valence-electron chi connectivity index (χ2n) is 4.98. The van der Waals surface area contributed by atoms with Crippen LogP contribution in [0.4, 0.5) is 0 Å². The lowest BCUT2D eigenvalue weighted by Crippen LogP contribution is -2.27. The fourth-order valence-electron chi connectivity index (χ4n) is 1.65. The zero-order valence-corrected chi connectivity index (χ0v) is 10.2. The minimum absolute atomic E-state index is 0.608. The molecule has 0 N–H and O–H groups in total. The van der Waals surface area contributed by atoms with Gasteiger partial charge in [-0.15, -0.1) is 6.58 Å². The number of rotatable bonds is 6. The van der Waals surface area contributed by atoms with Gasteiger partial charge in [0.15, 0.2) is 8.32 Å². The van der Waals surface area contributed by atoms with E-state index in [9.17, 15) is 0 Å². The normalized spacial score (nSPS) is 27.3. The fourth-order valence-corrected chi connectivity index (χ4v) is 2.84. The highest BCUT2D eigenvalue weighted by Crippen LogP contribution is 2.39. The molecule has 1 aliphatic rings. The Labute approximate surface area is 83.3 Å². The molecule has 76 valence electrons. The molecule has 1 unspecified atom stereocenters. The van der Waals surface area contributed by atoms with Gasteiger partial charge in [-0.25, -0.2) is 0 Å². The summed E-state index contributed by atoms with van der Waals surface area (Å²) in [4.78, 5) is 0. The smallest absolute Gasteiger partial charge is 0.184 e. The first-order chi connectivity index (χ1) is 6.03. The lowest BCUT2D eigenvalue weighted by atomic mass is 10.2. The third-order valence-corrected chi connectivity index (χ3v) is 3.36. The first-order valence-corrected chi connectivity index (χ1v) is 8.72. The fraction of sp³-hybridized carbons (Fsp3) is 0.818. The Morgan fingerprint density at radius 3 is 2.69 bits per heavy atom. The zero-order valence-electron chi connectivity index (χ0n) is 9.18. The number of hydrogen-bond acceptors (Lipinski definition) is 1. The van der Waals surface area contributed by atoms with Gasteiger partial charge < -0.3 is 4.43 Å². The van der Waals surface area contributed by atoms with E-state index in [4.69, 9.17) is 4.43 Å². The van der Waals surface area contributed by atoms with Gasteiger partial charge in [0.25, 0.3) is 0 Å². The topological polar surface area (TPSA) is 9.23 Å². The van der Waals surface area contributed by atoms with Crippen LogP contribution in [0.25, 0.3) is 0 Å². The van der Waals surface area contributed by atoms with Crippen LogP contribution in [0.15, 0.2) is 12.7 Å². The maximum absolute atomic E-state index is 6.00. The summed E-state index contributed by atoms with van der Waals surface area (Å²) in [6.07, 6.45) is 7.71. The van der Waals surface area contributed by atoms with Crippen molar-refractivity contribution in [2.24, 2.45) is 5.92 Å². The lowest BCUT2D eigenvalue weighted by Gasteiger charge is -2.17. The molecule has 0 bridgehead atoms. The van der Waals surface area contributed by atoms with Crippen molar-refractivity contribution in [1.29, 1.82) is 0 Å². The van der Waals surface area contributed by atoms with Crippen molar-refractivity contribution in [3.63, 3.8) is 0 Å². The van der Waals surface area contributed by atoms with Gasteiger partial charge in [0, 0.05) is 6.10 Å². The highest BCUT2D eigenvalue weighted by atomic mass is 28.4. The van der Waals surface area contributed by atoms with E-state index in [1.807, 2.05) is 6.08 Å². The Kier molecular flexibility index (Phi) is 3.74. The van der Waals surface area contributed by atoms with Gasteiger partial charge in [0.1, 0.15) is 0 Å². The summed E-state index contributed by atoms with van der Waals surface area (Å²) in [6, 6.07) is 0. The molecule has 0 aromatic heterocycles. The molecule has 0 aromatic carbocycles. The molecule has 1 rings (SSSR count). The van der Waals surface area contributed by atoms with Gasteiger partial charge in [-0.05, 0) is 51.2 Å². The molecule has 1 saturated carbocycles. The van der Waals surface area contributed by atoms with Crippen molar-refractivity contribution < 1.29 is 4.43 Å². The third-order valence-electron chi connectivity index (χ3n) is 2.35. The maximum Gasteiger partial charge on any atom is 0.184 e. The van der Waals surface area contributed by atoms with Crippen molar-refractivity contribution in [3.8, 4) is 0 Å². The third kappa shape index (κ3) is 4.63. The van der Waals surface area contributed by atoms with Crippen molar-refractivity contribution in [2.45, 2.75) is 51.4 Å². The number of unbranched alkanes of at least 4 members (excludes halogenated alkanes) is 1. The van der Waals surface area contributed by atoms with E-state index < -0.39 is 8.32 Å². The van der Waals surface area contributed by atoms with Gasteiger partial charge in [-0.2, -0.15) is 0 Å². The molecule has 1 fully saturated rings. The zero-order chi connectivity index (χ0) is 9.90. The average Bonchev–Trinajstić information content (AvgIpc) is 2.65. The standard InChI is InChI=1S/C11H22OSi/c1-5-6-7-8-10-9-11(10)12-13(2,3)4/h5,10-11H,1,6-9H2,2-4H3/t10?,11-/m0/s1. The van der Waals surface area contributed by atoms with Gasteiger partial charge in [-0.1, -0.05) is 6.08 Å². The summed E-state index contributed by atoms with van der Waals surface area (Å²) in [5.74, 6) is 0.867. The van der Waals surface area contributed by atoms with Crippen LogP contribution in [0.5, 0.6) is 0 Å². The highest BCUT2D eigenvalue weighted by molar-refractivity contribution is 6.69. The van der Waals surface area contributed by atoms with E-state index in [1.165, 1.54) is 19.3 Å². The van der Waals surface area contributed by atoms with Crippen molar-refractivity contribution >= 4 is 8.32 Å². The van der Waals surface area contributed by atoms with E-state index >= 15 is 0 Å². The second kappa shape index (κ2) is 4.42. The van der Waals surface area contributed by atoms with E-state index in [0.717, 1.165) is 12.3 Å². The molecule has 0 aromatic rings. The van der Waals surface area contributed by atoms with Crippen LogP contribution in [-0.2, 0) is 4.43 Å². The predicted molar refractivity (Wildman–Crippen MR) is 60.4 cm³/mol. The Balaban J connectivity index is 2.06. The molecule has 2 heteroatoms. The molecule has 2 atom stereocenters. The Morgan fingerprint density at radius 1 is 1.46 bits per heavy atom. The summed E-state index contributed by atoms with van der Waals surface area (Å²) in [5.41, 5.74) is 0. The molecule has 0 saturated heterocycles. The molecule has 0 amide bonds. The second-order valence-corrected chi connectivity index (χ2v) is 9.44. The van der Waals surface area contributed by atoms with Gasteiger partial charge in [0.2, 0.25) is 0 Å². The van der Waals surface area contributed by atoms with Crippen molar-refractivity contribution in [3.05, 3.63) is 12.7 Å². The average molecular weight is 198 g/mol. The van der Waals surface area contributed by atoms with Crippen LogP contribution >= 0.6 is 0 Å². The largest absolute Gasteiger partial charge is 0.414 e.